The summed E-state index contributed by atoms with van der Waals surface area (Å²) in [7, 11) is 1.29. The number of rotatable bonds is 8. The van der Waals surface area contributed by atoms with Crippen molar-refractivity contribution in [2.75, 3.05) is 12.4 Å². The van der Waals surface area contributed by atoms with Crippen molar-refractivity contribution >= 4 is 23.1 Å². The first-order valence-electron chi connectivity index (χ1n) is 10.2. The third-order valence-electron chi connectivity index (χ3n) is 4.09. The molecular formula is C23H25FN4O5. The molecule has 0 aliphatic heterocycles. The van der Waals surface area contributed by atoms with Crippen molar-refractivity contribution in [1.29, 1.82) is 0 Å². The van der Waals surface area contributed by atoms with Crippen molar-refractivity contribution in [1.82, 2.24) is 9.97 Å². The Morgan fingerprint density at radius 2 is 1.82 bits per heavy atom. The lowest BCUT2D eigenvalue weighted by atomic mass is 10.1. The number of nitrogens with zero attached hydrogens (tertiary/aromatic N) is 3. The number of ketones is 1. The van der Waals surface area contributed by atoms with Crippen molar-refractivity contribution in [2.24, 2.45) is 0 Å². The van der Waals surface area contributed by atoms with E-state index >= 15 is 0 Å². The van der Waals surface area contributed by atoms with Crippen LogP contribution in [0, 0.1) is 15.9 Å². The molecule has 9 nitrogen and oxygen atoms in total. The van der Waals surface area contributed by atoms with Crippen molar-refractivity contribution in [3.8, 4) is 11.5 Å². The predicted molar refractivity (Wildman–Crippen MR) is 122 cm³/mol. The molecule has 1 N–H and O–H groups in total. The number of hydrogen-bond acceptors (Lipinski definition) is 8. The van der Waals surface area contributed by atoms with Crippen molar-refractivity contribution in [3.05, 3.63) is 75.9 Å². The molecule has 0 saturated carbocycles. The van der Waals surface area contributed by atoms with E-state index in [2.05, 4.69) is 15.3 Å². The minimum atomic E-state index is -1.04. The summed E-state index contributed by atoms with van der Waals surface area (Å²) in [6, 6.07) is 9.93. The molecule has 0 amide bonds. The molecule has 174 valence electrons. The van der Waals surface area contributed by atoms with Gasteiger partial charge >= 0.3 is 5.69 Å². The Hall–Kier alpha value is -4.08. The molecule has 0 spiro atoms. The topological polar surface area (TPSA) is 116 Å². The highest BCUT2D eigenvalue weighted by Gasteiger charge is 2.20. The van der Waals surface area contributed by atoms with Gasteiger partial charge in [0.15, 0.2) is 0 Å². The standard InChI is InChI=1S/C21H19FN4O5.C2H6/c1-12(2)31-14-6-4-13(5-7-14)20(27)16-8-9-23-21(24-16)25-17-11-18(26(28)29)15(22)10-19(17)30-3;1-2/h4-12H,1-3H3,(H,23,24,25);1-2H3. The molecule has 1 heterocycles. The van der Waals surface area contributed by atoms with Crippen molar-refractivity contribution < 1.29 is 23.6 Å². The first-order valence-corrected chi connectivity index (χ1v) is 10.2. The molecule has 0 unspecified atom stereocenters. The zero-order chi connectivity index (χ0) is 24.5. The summed E-state index contributed by atoms with van der Waals surface area (Å²) in [4.78, 5) is 31.1. The van der Waals surface area contributed by atoms with Gasteiger partial charge in [0.1, 0.15) is 17.2 Å². The summed E-state index contributed by atoms with van der Waals surface area (Å²) in [6.45, 7) is 7.80. The number of nitro benzene ring substituents is 1. The fourth-order valence-corrected chi connectivity index (χ4v) is 2.72. The Bertz CT molecular complexity index is 1120. The maximum atomic E-state index is 13.8. The second kappa shape index (κ2) is 11.5. The zero-order valence-electron chi connectivity index (χ0n) is 19.0. The fourth-order valence-electron chi connectivity index (χ4n) is 2.72. The molecule has 33 heavy (non-hydrogen) atoms. The lowest BCUT2D eigenvalue weighted by molar-refractivity contribution is -0.387. The number of nitrogens with one attached hydrogen (secondary N) is 1. The SMILES string of the molecule is CC.COc1cc(F)c([N+](=O)[O-])cc1Nc1nccc(C(=O)c2ccc(OC(C)C)cc2)n1. The van der Waals surface area contributed by atoms with Gasteiger partial charge in [-0.05, 0) is 44.2 Å². The van der Waals surface area contributed by atoms with Crippen LogP contribution in [0.1, 0.15) is 43.7 Å². The van der Waals surface area contributed by atoms with Gasteiger partial charge < -0.3 is 14.8 Å². The molecule has 0 aliphatic rings. The van der Waals surface area contributed by atoms with E-state index < -0.39 is 16.4 Å². The molecule has 0 fully saturated rings. The number of hydrogen-bond donors (Lipinski definition) is 1. The molecule has 0 bridgehead atoms. The van der Waals surface area contributed by atoms with Crippen LogP contribution in [0.2, 0.25) is 0 Å². The van der Waals surface area contributed by atoms with Crippen LogP contribution < -0.4 is 14.8 Å². The maximum absolute atomic E-state index is 13.8. The van der Waals surface area contributed by atoms with E-state index in [1.54, 1.807) is 24.3 Å². The normalized spacial score (nSPS) is 10.2. The van der Waals surface area contributed by atoms with E-state index in [0.717, 1.165) is 12.1 Å². The minimum Gasteiger partial charge on any atom is -0.494 e. The van der Waals surface area contributed by atoms with Gasteiger partial charge in [-0.2, -0.15) is 4.39 Å². The molecular weight excluding hydrogens is 431 g/mol. The average Bonchev–Trinajstić information content (AvgIpc) is 2.81. The molecule has 2 aromatic carbocycles. The quantitative estimate of drug-likeness (QED) is 0.275. The number of ether oxygens (including phenoxy) is 2. The third kappa shape index (κ3) is 6.45. The Morgan fingerprint density at radius 3 is 2.39 bits per heavy atom. The number of carbonyl (C=O) groups is 1. The van der Waals surface area contributed by atoms with Crippen LogP contribution >= 0.6 is 0 Å². The lowest BCUT2D eigenvalue weighted by Gasteiger charge is -2.11. The van der Waals surface area contributed by atoms with Gasteiger partial charge in [-0.1, -0.05) is 13.8 Å². The predicted octanol–water partition coefficient (Wildman–Crippen LogP) is 5.32. The van der Waals surface area contributed by atoms with E-state index in [-0.39, 0.29) is 35.0 Å². The van der Waals surface area contributed by atoms with Crippen molar-refractivity contribution in [2.45, 2.75) is 33.8 Å². The van der Waals surface area contributed by atoms with Gasteiger partial charge in [-0.15, -0.1) is 0 Å². The second-order valence-corrected chi connectivity index (χ2v) is 6.67. The van der Waals surface area contributed by atoms with Gasteiger partial charge in [0.2, 0.25) is 17.5 Å². The van der Waals surface area contributed by atoms with Gasteiger partial charge in [-0.3, -0.25) is 14.9 Å². The van der Waals surface area contributed by atoms with E-state index in [4.69, 9.17) is 9.47 Å². The maximum Gasteiger partial charge on any atom is 0.307 e. The highest BCUT2D eigenvalue weighted by Crippen LogP contribution is 2.33. The van der Waals surface area contributed by atoms with Crippen LogP contribution in [0.4, 0.5) is 21.7 Å². The number of aromatic nitrogens is 2. The van der Waals surface area contributed by atoms with E-state index in [0.29, 0.717) is 11.3 Å². The van der Waals surface area contributed by atoms with Crippen LogP contribution in [0.5, 0.6) is 11.5 Å². The van der Waals surface area contributed by atoms with Crippen LogP contribution in [0.15, 0.2) is 48.7 Å². The smallest absolute Gasteiger partial charge is 0.307 e. The number of benzene rings is 2. The van der Waals surface area contributed by atoms with Crippen molar-refractivity contribution in [3.63, 3.8) is 0 Å². The Morgan fingerprint density at radius 1 is 1.15 bits per heavy atom. The molecule has 3 rings (SSSR count). The Kier molecular flexibility index (Phi) is 8.79. The molecule has 0 radical (unpaired) electrons. The van der Waals surface area contributed by atoms with Crippen LogP contribution in [-0.4, -0.2) is 33.9 Å². The summed E-state index contributed by atoms with van der Waals surface area (Å²) >= 11 is 0. The zero-order valence-corrected chi connectivity index (χ0v) is 19.0. The first kappa shape index (κ1) is 25.2. The second-order valence-electron chi connectivity index (χ2n) is 6.67. The van der Waals surface area contributed by atoms with E-state index in [1.165, 1.54) is 19.4 Å². The Balaban J connectivity index is 0.00000187. The first-order chi connectivity index (χ1) is 15.8. The van der Waals surface area contributed by atoms with Gasteiger partial charge in [0.05, 0.1) is 23.8 Å². The number of carbonyl (C=O) groups excluding carboxylic acids is 1. The monoisotopic (exact) mass is 456 g/mol. The summed E-state index contributed by atoms with van der Waals surface area (Å²) in [5, 5.41) is 13.8. The summed E-state index contributed by atoms with van der Waals surface area (Å²) in [5.74, 6) is -0.740. The van der Waals surface area contributed by atoms with Gasteiger partial charge in [0, 0.05) is 23.9 Å². The number of halogens is 1. The van der Waals surface area contributed by atoms with Gasteiger partial charge in [-0.25, -0.2) is 9.97 Å². The number of methoxy groups -OCH3 is 1. The molecule has 3 aromatic rings. The summed E-state index contributed by atoms with van der Waals surface area (Å²) in [5.41, 5.74) is -0.156. The largest absolute Gasteiger partial charge is 0.494 e. The minimum absolute atomic E-state index is 0.00943. The molecule has 10 heteroatoms. The molecule has 0 aliphatic carbocycles. The van der Waals surface area contributed by atoms with Crippen LogP contribution in [0.25, 0.3) is 0 Å². The summed E-state index contributed by atoms with van der Waals surface area (Å²) in [6.07, 6.45) is 1.37. The lowest BCUT2D eigenvalue weighted by Crippen LogP contribution is -2.08. The molecule has 0 saturated heterocycles. The fraction of sp³-hybridized carbons (Fsp3) is 0.261. The molecule has 1 aromatic heterocycles. The number of nitro groups is 1. The number of anilines is 2. The van der Waals surface area contributed by atoms with Crippen LogP contribution in [-0.2, 0) is 0 Å². The third-order valence-corrected chi connectivity index (χ3v) is 4.09. The summed E-state index contributed by atoms with van der Waals surface area (Å²) < 4.78 is 24.5. The average molecular weight is 456 g/mol. The molecule has 0 atom stereocenters. The van der Waals surface area contributed by atoms with E-state index in [1.807, 2.05) is 27.7 Å². The van der Waals surface area contributed by atoms with Gasteiger partial charge in [0.25, 0.3) is 0 Å². The van der Waals surface area contributed by atoms with Crippen LogP contribution in [0.3, 0.4) is 0 Å². The van der Waals surface area contributed by atoms with E-state index in [9.17, 15) is 19.3 Å². The Labute approximate surface area is 190 Å². The highest BCUT2D eigenvalue weighted by molar-refractivity contribution is 6.07. The highest BCUT2D eigenvalue weighted by atomic mass is 19.1.